The smallest absolute Gasteiger partial charge is 0.312 e. The van der Waals surface area contributed by atoms with Crippen LogP contribution in [0.3, 0.4) is 0 Å². The van der Waals surface area contributed by atoms with Crippen molar-refractivity contribution < 1.29 is 9.53 Å². The van der Waals surface area contributed by atoms with E-state index in [1.807, 2.05) is 12.1 Å². The zero-order valence-electron chi connectivity index (χ0n) is 12.3. The van der Waals surface area contributed by atoms with Gasteiger partial charge in [-0.3, -0.25) is 4.79 Å². The molecule has 3 atom stereocenters. The lowest BCUT2D eigenvalue weighted by atomic mass is 9.75. The van der Waals surface area contributed by atoms with E-state index in [0.717, 1.165) is 19.3 Å². The van der Waals surface area contributed by atoms with Crippen LogP contribution in [0.1, 0.15) is 18.4 Å². The van der Waals surface area contributed by atoms with E-state index in [1.165, 1.54) is 16.3 Å². The zero-order valence-corrected chi connectivity index (χ0v) is 13.1. The van der Waals surface area contributed by atoms with Gasteiger partial charge in [0.1, 0.15) is 0 Å². The molecule has 2 aromatic rings. The minimum absolute atomic E-state index is 0. The predicted octanol–water partition coefficient (Wildman–Crippen LogP) is 3.08. The number of carbonyl (C=O) groups is 1. The summed E-state index contributed by atoms with van der Waals surface area (Å²) in [6.45, 7) is 0.542. The Morgan fingerprint density at radius 2 is 1.95 bits per heavy atom. The number of ether oxygens (including phenoxy) is 1. The average molecular weight is 318 g/mol. The van der Waals surface area contributed by atoms with Crippen LogP contribution in [0.4, 0.5) is 0 Å². The second-order valence-corrected chi connectivity index (χ2v) is 6.51. The lowest BCUT2D eigenvalue weighted by Gasteiger charge is -2.24. The van der Waals surface area contributed by atoms with Gasteiger partial charge in [-0.05, 0) is 35.6 Å². The van der Waals surface area contributed by atoms with Gasteiger partial charge in [0.25, 0.3) is 0 Å². The normalized spacial score (nSPS) is 30.0. The van der Waals surface area contributed by atoms with Gasteiger partial charge in [-0.1, -0.05) is 42.5 Å². The largest absolute Gasteiger partial charge is 0.465 e. The zero-order chi connectivity index (χ0) is 14.4. The number of benzene rings is 2. The standard InChI is InChI=1S/C18H19NO2.ClH/c19-16-8-15-11-21-17(20)18(15,10-16)9-12-5-6-13-3-1-2-4-14(13)7-12;/h1-7,15-16H,8-11,19H2;1H/t15-,16+,18+;/m1./s1. The first-order chi connectivity index (χ1) is 10.2. The van der Waals surface area contributed by atoms with E-state index in [2.05, 4.69) is 30.3 Å². The maximum absolute atomic E-state index is 12.3. The summed E-state index contributed by atoms with van der Waals surface area (Å²) in [7, 11) is 0. The highest BCUT2D eigenvalue weighted by Gasteiger charge is 2.57. The van der Waals surface area contributed by atoms with E-state index in [-0.39, 0.29) is 35.8 Å². The van der Waals surface area contributed by atoms with E-state index in [4.69, 9.17) is 10.5 Å². The maximum Gasteiger partial charge on any atom is 0.312 e. The molecular formula is C18H20ClNO2. The van der Waals surface area contributed by atoms with Crippen LogP contribution in [-0.4, -0.2) is 18.6 Å². The summed E-state index contributed by atoms with van der Waals surface area (Å²) in [5, 5.41) is 2.45. The van der Waals surface area contributed by atoms with Crippen molar-refractivity contribution in [2.75, 3.05) is 6.61 Å². The van der Waals surface area contributed by atoms with Crippen LogP contribution in [0.2, 0.25) is 0 Å². The van der Waals surface area contributed by atoms with Crippen LogP contribution in [0.25, 0.3) is 10.8 Å². The second-order valence-electron chi connectivity index (χ2n) is 6.51. The highest BCUT2D eigenvalue weighted by molar-refractivity contribution is 5.85. The van der Waals surface area contributed by atoms with Crippen LogP contribution >= 0.6 is 12.4 Å². The summed E-state index contributed by atoms with van der Waals surface area (Å²) in [5.41, 5.74) is 6.92. The number of cyclic esters (lactones) is 1. The number of hydrogen-bond acceptors (Lipinski definition) is 3. The van der Waals surface area contributed by atoms with E-state index in [9.17, 15) is 4.79 Å². The summed E-state index contributed by atoms with van der Waals surface area (Å²) < 4.78 is 5.34. The summed E-state index contributed by atoms with van der Waals surface area (Å²) in [6, 6.07) is 14.9. The van der Waals surface area contributed by atoms with Crippen LogP contribution in [0.15, 0.2) is 42.5 Å². The molecule has 0 unspecified atom stereocenters. The molecule has 2 fully saturated rings. The molecule has 4 heteroatoms. The van der Waals surface area contributed by atoms with Crippen molar-refractivity contribution in [1.29, 1.82) is 0 Å². The van der Waals surface area contributed by atoms with Gasteiger partial charge >= 0.3 is 5.97 Å². The molecule has 0 radical (unpaired) electrons. The molecule has 3 nitrogen and oxygen atoms in total. The van der Waals surface area contributed by atoms with Crippen molar-refractivity contribution in [3.63, 3.8) is 0 Å². The number of esters is 1. The van der Waals surface area contributed by atoms with Crippen molar-refractivity contribution in [2.45, 2.75) is 25.3 Å². The molecule has 1 aliphatic heterocycles. The van der Waals surface area contributed by atoms with Gasteiger partial charge in [0.05, 0.1) is 12.0 Å². The molecule has 0 amide bonds. The first-order valence-corrected chi connectivity index (χ1v) is 7.58. The van der Waals surface area contributed by atoms with Gasteiger partial charge in [-0.25, -0.2) is 0 Å². The maximum atomic E-state index is 12.3. The van der Waals surface area contributed by atoms with E-state index >= 15 is 0 Å². The molecule has 0 bridgehead atoms. The lowest BCUT2D eigenvalue weighted by molar-refractivity contribution is -0.146. The molecule has 116 valence electrons. The number of carbonyl (C=O) groups excluding carboxylic acids is 1. The Kier molecular flexibility index (Phi) is 3.87. The van der Waals surface area contributed by atoms with Crippen molar-refractivity contribution in [3.8, 4) is 0 Å². The topological polar surface area (TPSA) is 52.3 Å². The van der Waals surface area contributed by atoms with E-state index < -0.39 is 0 Å². The fourth-order valence-corrected chi connectivity index (χ4v) is 4.11. The highest BCUT2D eigenvalue weighted by Crippen LogP contribution is 2.50. The molecule has 1 aliphatic carbocycles. The van der Waals surface area contributed by atoms with Gasteiger partial charge in [0.2, 0.25) is 0 Å². The lowest BCUT2D eigenvalue weighted by Crippen LogP contribution is -2.32. The Bertz CT molecular complexity index is 717. The molecule has 2 aliphatic rings. The fourth-order valence-electron chi connectivity index (χ4n) is 4.11. The molecule has 0 aromatic heterocycles. The third kappa shape index (κ3) is 2.29. The van der Waals surface area contributed by atoms with Crippen LogP contribution < -0.4 is 5.73 Å². The first-order valence-electron chi connectivity index (χ1n) is 7.58. The molecule has 1 heterocycles. The van der Waals surface area contributed by atoms with Gasteiger partial charge in [0, 0.05) is 12.0 Å². The molecule has 4 rings (SSSR count). The average Bonchev–Trinajstić information content (AvgIpc) is 2.94. The molecule has 1 saturated heterocycles. The van der Waals surface area contributed by atoms with E-state index in [0.29, 0.717) is 6.61 Å². The molecular weight excluding hydrogens is 298 g/mol. The number of nitrogens with two attached hydrogens (primary N) is 1. The Balaban J connectivity index is 0.00000144. The first kappa shape index (κ1) is 15.3. The van der Waals surface area contributed by atoms with Crippen LogP contribution in [0.5, 0.6) is 0 Å². The fraction of sp³-hybridized carbons (Fsp3) is 0.389. The number of hydrogen-bond donors (Lipinski definition) is 1. The molecule has 22 heavy (non-hydrogen) atoms. The number of rotatable bonds is 2. The van der Waals surface area contributed by atoms with Gasteiger partial charge in [-0.2, -0.15) is 0 Å². The van der Waals surface area contributed by atoms with Gasteiger partial charge in [0.15, 0.2) is 0 Å². The van der Waals surface area contributed by atoms with Crippen molar-refractivity contribution >= 4 is 29.1 Å². The predicted molar refractivity (Wildman–Crippen MR) is 89.0 cm³/mol. The van der Waals surface area contributed by atoms with Crippen molar-refractivity contribution in [1.82, 2.24) is 0 Å². The third-order valence-corrected chi connectivity index (χ3v) is 5.15. The third-order valence-electron chi connectivity index (χ3n) is 5.15. The summed E-state index contributed by atoms with van der Waals surface area (Å²) in [6.07, 6.45) is 2.40. The molecule has 0 spiro atoms. The Labute approximate surface area is 136 Å². The monoisotopic (exact) mass is 317 g/mol. The summed E-state index contributed by atoms with van der Waals surface area (Å²) in [5.74, 6) is 0.236. The Morgan fingerprint density at radius 3 is 2.77 bits per heavy atom. The van der Waals surface area contributed by atoms with Crippen LogP contribution in [0, 0.1) is 11.3 Å². The SMILES string of the molecule is Cl.N[C@H]1C[C@@H]2COC(=O)[C@@]2(Cc2ccc3ccccc3c2)C1. The molecule has 1 saturated carbocycles. The highest BCUT2D eigenvalue weighted by atomic mass is 35.5. The minimum atomic E-state index is -0.387. The van der Waals surface area contributed by atoms with Gasteiger partial charge in [-0.15, -0.1) is 12.4 Å². The quantitative estimate of drug-likeness (QED) is 0.866. The van der Waals surface area contributed by atoms with E-state index in [1.54, 1.807) is 0 Å². The summed E-state index contributed by atoms with van der Waals surface area (Å²) >= 11 is 0. The number of fused-ring (bicyclic) bond motifs is 2. The Morgan fingerprint density at radius 1 is 1.18 bits per heavy atom. The second kappa shape index (κ2) is 5.56. The van der Waals surface area contributed by atoms with Crippen LogP contribution in [-0.2, 0) is 16.0 Å². The molecule has 2 N–H and O–H groups in total. The Hall–Kier alpha value is -1.58. The minimum Gasteiger partial charge on any atom is -0.465 e. The number of halogens is 1. The molecule has 2 aromatic carbocycles. The van der Waals surface area contributed by atoms with Gasteiger partial charge < -0.3 is 10.5 Å². The van der Waals surface area contributed by atoms with Crippen molar-refractivity contribution in [2.24, 2.45) is 17.1 Å². The summed E-state index contributed by atoms with van der Waals surface area (Å²) in [4.78, 5) is 12.3. The van der Waals surface area contributed by atoms with Crippen molar-refractivity contribution in [3.05, 3.63) is 48.0 Å².